The van der Waals surface area contributed by atoms with Gasteiger partial charge in [0.15, 0.2) is 0 Å². The molecule has 0 aromatic carbocycles. The highest BCUT2D eigenvalue weighted by molar-refractivity contribution is 5.00. The van der Waals surface area contributed by atoms with E-state index >= 15 is 0 Å². The molecule has 0 aliphatic heterocycles. The van der Waals surface area contributed by atoms with E-state index in [2.05, 4.69) is 12.2 Å². The van der Waals surface area contributed by atoms with Crippen molar-refractivity contribution in [2.45, 2.75) is 45.1 Å². The molecule has 92 valence electrons. The Morgan fingerprint density at radius 1 is 1.06 bits per heavy atom. The molecule has 0 heterocycles. The fraction of sp³-hybridized carbons (Fsp3) is 1.00. The van der Waals surface area contributed by atoms with E-state index in [0.717, 1.165) is 36.8 Å². The SMILES string of the molecule is CCNCC(O)C1C2CC3CC(C2)CC1C3. The van der Waals surface area contributed by atoms with E-state index in [1.807, 2.05) is 0 Å². The van der Waals surface area contributed by atoms with Crippen LogP contribution in [0.2, 0.25) is 0 Å². The summed E-state index contributed by atoms with van der Waals surface area (Å²) >= 11 is 0. The molecule has 1 atom stereocenters. The maximum atomic E-state index is 10.3. The Morgan fingerprint density at radius 2 is 1.62 bits per heavy atom. The van der Waals surface area contributed by atoms with Gasteiger partial charge in [0.25, 0.3) is 0 Å². The van der Waals surface area contributed by atoms with Crippen molar-refractivity contribution in [2.75, 3.05) is 13.1 Å². The summed E-state index contributed by atoms with van der Waals surface area (Å²) in [5.41, 5.74) is 0. The van der Waals surface area contributed by atoms with Gasteiger partial charge < -0.3 is 10.4 Å². The molecule has 16 heavy (non-hydrogen) atoms. The molecule has 4 aliphatic rings. The number of rotatable bonds is 4. The highest BCUT2D eigenvalue weighted by atomic mass is 16.3. The van der Waals surface area contributed by atoms with E-state index in [-0.39, 0.29) is 6.10 Å². The smallest absolute Gasteiger partial charge is 0.0698 e. The Labute approximate surface area is 98.8 Å². The van der Waals surface area contributed by atoms with Crippen molar-refractivity contribution in [3.63, 3.8) is 0 Å². The van der Waals surface area contributed by atoms with Crippen molar-refractivity contribution in [3.8, 4) is 0 Å². The van der Waals surface area contributed by atoms with Crippen LogP contribution in [0, 0.1) is 29.6 Å². The van der Waals surface area contributed by atoms with E-state index in [1.165, 1.54) is 32.1 Å². The first-order valence-corrected chi connectivity index (χ1v) is 7.16. The summed E-state index contributed by atoms with van der Waals surface area (Å²) in [6.07, 6.45) is 7.09. The number of aliphatic hydroxyl groups is 1. The highest BCUT2D eigenvalue weighted by Crippen LogP contribution is 2.57. The first kappa shape index (κ1) is 11.0. The minimum atomic E-state index is -0.0880. The second-order valence-corrected chi connectivity index (χ2v) is 6.38. The standard InChI is InChI=1S/C14H25NO/c1-2-15-8-13(16)14-11-4-9-3-10(6-11)7-12(14)5-9/h9-16H,2-8H2,1H3. The van der Waals surface area contributed by atoms with E-state index in [1.54, 1.807) is 0 Å². The van der Waals surface area contributed by atoms with Crippen LogP contribution in [0.1, 0.15) is 39.0 Å². The van der Waals surface area contributed by atoms with E-state index < -0.39 is 0 Å². The van der Waals surface area contributed by atoms with Gasteiger partial charge in [0, 0.05) is 6.54 Å². The minimum Gasteiger partial charge on any atom is -0.391 e. The summed E-state index contributed by atoms with van der Waals surface area (Å²) in [7, 11) is 0. The lowest BCUT2D eigenvalue weighted by Gasteiger charge is -2.55. The van der Waals surface area contributed by atoms with Crippen molar-refractivity contribution in [3.05, 3.63) is 0 Å². The quantitative estimate of drug-likeness (QED) is 0.764. The van der Waals surface area contributed by atoms with Gasteiger partial charge in [-0.25, -0.2) is 0 Å². The maximum Gasteiger partial charge on any atom is 0.0698 e. The highest BCUT2D eigenvalue weighted by Gasteiger charge is 2.50. The third kappa shape index (κ3) is 1.80. The second-order valence-electron chi connectivity index (χ2n) is 6.38. The van der Waals surface area contributed by atoms with Gasteiger partial charge in [-0.3, -0.25) is 0 Å². The van der Waals surface area contributed by atoms with Gasteiger partial charge in [-0.05, 0) is 68.2 Å². The topological polar surface area (TPSA) is 32.3 Å². The minimum absolute atomic E-state index is 0.0880. The molecule has 4 bridgehead atoms. The van der Waals surface area contributed by atoms with Crippen molar-refractivity contribution >= 4 is 0 Å². The van der Waals surface area contributed by atoms with Gasteiger partial charge in [-0.15, -0.1) is 0 Å². The van der Waals surface area contributed by atoms with Crippen LogP contribution in [-0.4, -0.2) is 24.3 Å². The molecule has 0 amide bonds. The molecule has 2 N–H and O–H groups in total. The monoisotopic (exact) mass is 223 g/mol. The lowest BCUT2D eigenvalue weighted by Crippen LogP contribution is -2.51. The summed E-state index contributed by atoms with van der Waals surface area (Å²) in [6, 6.07) is 0. The van der Waals surface area contributed by atoms with Crippen LogP contribution in [-0.2, 0) is 0 Å². The predicted molar refractivity (Wildman–Crippen MR) is 65.1 cm³/mol. The largest absolute Gasteiger partial charge is 0.391 e. The molecule has 4 saturated carbocycles. The Bertz CT molecular complexity index is 225. The van der Waals surface area contributed by atoms with Crippen LogP contribution < -0.4 is 5.32 Å². The summed E-state index contributed by atoms with van der Waals surface area (Å²) in [4.78, 5) is 0. The molecular weight excluding hydrogens is 198 g/mol. The molecule has 4 aliphatic carbocycles. The molecular formula is C14H25NO. The number of likely N-dealkylation sites (N-methyl/N-ethyl adjacent to an activating group) is 1. The average Bonchev–Trinajstić information content (AvgIpc) is 2.24. The Hall–Kier alpha value is -0.0800. The summed E-state index contributed by atoms with van der Waals surface area (Å²) in [5.74, 6) is 4.36. The average molecular weight is 223 g/mol. The molecule has 2 nitrogen and oxygen atoms in total. The van der Waals surface area contributed by atoms with Crippen LogP contribution in [0.5, 0.6) is 0 Å². The molecule has 1 unspecified atom stereocenters. The van der Waals surface area contributed by atoms with Gasteiger partial charge in [-0.1, -0.05) is 6.92 Å². The normalized spacial score (nSPS) is 47.2. The lowest BCUT2D eigenvalue weighted by atomic mass is 9.51. The van der Waals surface area contributed by atoms with Crippen LogP contribution >= 0.6 is 0 Å². The Morgan fingerprint density at radius 3 is 2.12 bits per heavy atom. The maximum absolute atomic E-state index is 10.3. The van der Waals surface area contributed by atoms with Crippen LogP contribution in [0.4, 0.5) is 0 Å². The zero-order valence-electron chi connectivity index (χ0n) is 10.4. The number of hydrogen-bond acceptors (Lipinski definition) is 2. The summed E-state index contributed by atoms with van der Waals surface area (Å²) in [6.45, 7) is 3.90. The fourth-order valence-corrected chi connectivity index (χ4v) is 5.02. The second kappa shape index (κ2) is 4.30. The number of aliphatic hydroxyl groups excluding tert-OH is 1. The fourth-order valence-electron chi connectivity index (χ4n) is 5.02. The van der Waals surface area contributed by atoms with Gasteiger partial charge in [-0.2, -0.15) is 0 Å². The predicted octanol–water partition coefficient (Wildman–Crippen LogP) is 2.03. The van der Waals surface area contributed by atoms with Crippen molar-refractivity contribution in [1.82, 2.24) is 5.32 Å². The van der Waals surface area contributed by atoms with Crippen LogP contribution in [0.3, 0.4) is 0 Å². The van der Waals surface area contributed by atoms with Gasteiger partial charge >= 0.3 is 0 Å². The molecule has 4 rings (SSSR count). The molecule has 0 aromatic heterocycles. The van der Waals surface area contributed by atoms with E-state index in [9.17, 15) is 5.11 Å². The lowest BCUT2D eigenvalue weighted by molar-refractivity contribution is -0.0880. The van der Waals surface area contributed by atoms with Gasteiger partial charge in [0.2, 0.25) is 0 Å². The molecule has 0 saturated heterocycles. The number of hydrogen-bond donors (Lipinski definition) is 2. The van der Waals surface area contributed by atoms with Crippen LogP contribution in [0.25, 0.3) is 0 Å². The van der Waals surface area contributed by atoms with E-state index in [0.29, 0.717) is 5.92 Å². The third-order valence-electron chi connectivity index (χ3n) is 5.35. The van der Waals surface area contributed by atoms with E-state index in [4.69, 9.17) is 0 Å². The molecule has 0 radical (unpaired) electrons. The van der Waals surface area contributed by atoms with Crippen LogP contribution in [0.15, 0.2) is 0 Å². The Balaban J connectivity index is 1.67. The molecule has 0 aromatic rings. The van der Waals surface area contributed by atoms with Gasteiger partial charge in [0.05, 0.1) is 6.10 Å². The Kier molecular flexibility index (Phi) is 2.97. The van der Waals surface area contributed by atoms with Crippen molar-refractivity contribution in [1.29, 1.82) is 0 Å². The van der Waals surface area contributed by atoms with Gasteiger partial charge in [0.1, 0.15) is 0 Å². The molecule has 0 spiro atoms. The van der Waals surface area contributed by atoms with Crippen molar-refractivity contribution < 1.29 is 5.11 Å². The summed E-state index contributed by atoms with van der Waals surface area (Å²) in [5, 5.41) is 13.7. The van der Waals surface area contributed by atoms with Crippen molar-refractivity contribution in [2.24, 2.45) is 29.6 Å². The zero-order chi connectivity index (χ0) is 11.1. The first-order valence-electron chi connectivity index (χ1n) is 7.16. The number of nitrogens with one attached hydrogen (secondary N) is 1. The molecule has 4 fully saturated rings. The zero-order valence-corrected chi connectivity index (χ0v) is 10.4. The summed E-state index contributed by atoms with van der Waals surface area (Å²) < 4.78 is 0. The molecule has 2 heteroatoms. The first-order chi connectivity index (χ1) is 7.78. The third-order valence-corrected chi connectivity index (χ3v) is 5.35.